The van der Waals surface area contributed by atoms with Gasteiger partial charge in [-0.15, -0.1) is 0 Å². The second-order valence-corrected chi connectivity index (χ2v) is 3.38. The molecule has 1 aromatic carbocycles. The summed E-state index contributed by atoms with van der Waals surface area (Å²) < 4.78 is 9.82. The molecule has 0 spiro atoms. The highest BCUT2D eigenvalue weighted by atomic mass is 16.6. The first-order chi connectivity index (χ1) is 7.76. The highest BCUT2D eigenvalue weighted by molar-refractivity contribution is 5.70. The Morgan fingerprint density at radius 2 is 2.19 bits per heavy atom. The Labute approximate surface area is 93.2 Å². The van der Waals surface area contributed by atoms with Crippen LogP contribution in [0, 0.1) is 0 Å². The number of nitrogens with two attached hydrogens (primary N) is 1. The van der Waals surface area contributed by atoms with E-state index >= 15 is 0 Å². The third-order valence-electron chi connectivity index (χ3n) is 2.45. The first-order valence-electron chi connectivity index (χ1n) is 5.01. The van der Waals surface area contributed by atoms with Crippen molar-refractivity contribution in [3.05, 3.63) is 23.8 Å². The summed E-state index contributed by atoms with van der Waals surface area (Å²) in [4.78, 5) is 0. The molecule has 5 heteroatoms. The van der Waals surface area contributed by atoms with Crippen molar-refractivity contribution in [1.29, 1.82) is 0 Å². The molecule has 1 heterocycles. The highest BCUT2D eigenvalue weighted by Gasteiger charge is 2.11. The number of aryl methyl sites for hydroxylation is 1. The zero-order valence-electron chi connectivity index (χ0n) is 9.23. The van der Waals surface area contributed by atoms with Gasteiger partial charge in [-0.3, -0.25) is 0 Å². The van der Waals surface area contributed by atoms with Crippen LogP contribution in [0.3, 0.4) is 0 Å². The van der Waals surface area contributed by atoms with Crippen LogP contribution in [0.4, 0.5) is 5.82 Å². The van der Waals surface area contributed by atoms with E-state index in [0.29, 0.717) is 11.5 Å². The van der Waals surface area contributed by atoms with Gasteiger partial charge in [-0.2, -0.15) is 0 Å². The Kier molecular flexibility index (Phi) is 2.76. The summed E-state index contributed by atoms with van der Waals surface area (Å²) in [6.45, 7) is 2.06. The number of hydrogen-bond donors (Lipinski definition) is 1. The van der Waals surface area contributed by atoms with Gasteiger partial charge < -0.3 is 10.5 Å². The van der Waals surface area contributed by atoms with Gasteiger partial charge >= 0.3 is 0 Å². The average Bonchev–Trinajstić information content (AvgIpc) is 2.74. The van der Waals surface area contributed by atoms with Crippen LogP contribution in [0.2, 0.25) is 0 Å². The molecule has 5 nitrogen and oxygen atoms in total. The number of hydrogen-bond acceptors (Lipinski definition) is 5. The molecule has 0 atom stereocenters. The first-order valence-corrected chi connectivity index (χ1v) is 5.01. The smallest absolute Gasteiger partial charge is 0.196 e. The Hall–Kier alpha value is -2.04. The van der Waals surface area contributed by atoms with E-state index in [9.17, 15) is 0 Å². The molecule has 0 aliphatic rings. The van der Waals surface area contributed by atoms with E-state index in [-0.39, 0.29) is 0 Å². The summed E-state index contributed by atoms with van der Waals surface area (Å²) in [6, 6.07) is 5.75. The van der Waals surface area contributed by atoms with Gasteiger partial charge in [0.25, 0.3) is 0 Å². The van der Waals surface area contributed by atoms with Crippen molar-refractivity contribution in [2.24, 2.45) is 0 Å². The Balaban J connectivity index is 2.48. The topological polar surface area (TPSA) is 74.2 Å². The molecule has 0 bridgehead atoms. The summed E-state index contributed by atoms with van der Waals surface area (Å²) in [7, 11) is 1.65. The van der Waals surface area contributed by atoms with Crippen molar-refractivity contribution in [3.8, 4) is 17.0 Å². The summed E-state index contributed by atoms with van der Waals surface area (Å²) in [6.07, 6.45) is 0.877. The maximum atomic E-state index is 5.64. The zero-order valence-corrected chi connectivity index (χ0v) is 9.23. The van der Waals surface area contributed by atoms with Gasteiger partial charge in [0.1, 0.15) is 5.75 Å². The number of anilines is 1. The zero-order chi connectivity index (χ0) is 11.5. The molecule has 0 aliphatic heterocycles. The molecule has 2 aromatic rings. The van der Waals surface area contributed by atoms with Crippen LogP contribution in [0.25, 0.3) is 11.3 Å². The molecular formula is C11H13N3O2. The lowest BCUT2D eigenvalue weighted by atomic mass is 10.1. The monoisotopic (exact) mass is 219 g/mol. The van der Waals surface area contributed by atoms with Crippen molar-refractivity contribution in [1.82, 2.24) is 10.3 Å². The van der Waals surface area contributed by atoms with Gasteiger partial charge in [-0.25, -0.2) is 4.63 Å². The van der Waals surface area contributed by atoms with E-state index in [1.54, 1.807) is 7.11 Å². The minimum absolute atomic E-state index is 0.298. The lowest BCUT2D eigenvalue weighted by molar-refractivity contribution is 0.310. The van der Waals surface area contributed by atoms with Crippen LogP contribution in [0.5, 0.6) is 5.75 Å². The van der Waals surface area contributed by atoms with Crippen molar-refractivity contribution >= 4 is 5.82 Å². The van der Waals surface area contributed by atoms with E-state index in [1.807, 2.05) is 18.2 Å². The average molecular weight is 219 g/mol. The largest absolute Gasteiger partial charge is 0.496 e. The van der Waals surface area contributed by atoms with Crippen LogP contribution in [0.15, 0.2) is 22.8 Å². The number of rotatable bonds is 3. The van der Waals surface area contributed by atoms with E-state index in [0.717, 1.165) is 23.3 Å². The minimum atomic E-state index is 0.298. The van der Waals surface area contributed by atoms with Crippen LogP contribution in [0.1, 0.15) is 12.5 Å². The number of nitrogen functional groups attached to an aromatic ring is 1. The standard InChI is InChI=1S/C11H13N3O2/c1-3-7-6-8(4-5-9(7)15-2)10-11(12)14-16-13-10/h4-6H,3H2,1-2H3,(H2,12,14). The molecule has 84 valence electrons. The van der Waals surface area contributed by atoms with E-state index in [4.69, 9.17) is 10.5 Å². The van der Waals surface area contributed by atoms with Crippen LogP contribution in [-0.4, -0.2) is 17.4 Å². The number of nitrogens with zero attached hydrogens (tertiary/aromatic N) is 2. The fourth-order valence-corrected chi connectivity index (χ4v) is 1.60. The normalized spacial score (nSPS) is 10.4. The number of aromatic nitrogens is 2. The van der Waals surface area contributed by atoms with Gasteiger partial charge in [-0.05, 0) is 40.5 Å². The van der Waals surface area contributed by atoms with Crippen molar-refractivity contribution in [2.45, 2.75) is 13.3 Å². The maximum absolute atomic E-state index is 5.64. The molecular weight excluding hydrogens is 206 g/mol. The Morgan fingerprint density at radius 1 is 1.38 bits per heavy atom. The lowest BCUT2D eigenvalue weighted by Crippen LogP contribution is -1.93. The highest BCUT2D eigenvalue weighted by Crippen LogP contribution is 2.28. The molecule has 0 aliphatic carbocycles. The van der Waals surface area contributed by atoms with Gasteiger partial charge in [0.05, 0.1) is 7.11 Å². The maximum Gasteiger partial charge on any atom is 0.196 e. The molecule has 1 aromatic heterocycles. The molecule has 0 fully saturated rings. The second-order valence-electron chi connectivity index (χ2n) is 3.38. The third-order valence-corrected chi connectivity index (χ3v) is 2.45. The number of methoxy groups -OCH3 is 1. The minimum Gasteiger partial charge on any atom is -0.496 e. The second kappa shape index (κ2) is 4.22. The van der Waals surface area contributed by atoms with Crippen molar-refractivity contribution in [2.75, 3.05) is 12.8 Å². The van der Waals surface area contributed by atoms with E-state index in [1.165, 1.54) is 0 Å². The predicted molar refractivity (Wildman–Crippen MR) is 60.1 cm³/mol. The van der Waals surface area contributed by atoms with Gasteiger partial charge in [0.15, 0.2) is 11.5 Å². The van der Waals surface area contributed by atoms with Gasteiger partial charge in [0, 0.05) is 5.56 Å². The van der Waals surface area contributed by atoms with E-state index < -0.39 is 0 Å². The molecule has 16 heavy (non-hydrogen) atoms. The molecule has 0 saturated heterocycles. The van der Waals surface area contributed by atoms with Crippen LogP contribution >= 0.6 is 0 Å². The SMILES string of the molecule is CCc1cc(-c2nonc2N)ccc1OC. The third kappa shape index (κ3) is 1.71. The van der Waals surface area contributed by atoms with E-state index in [2.05, 4.69) is 21.9 Å². The molecule has 0 amide bonds. The lowest BCUT2D eigenvalue weighted by Gasteiger charge is -2.07. The summed E-state index contributed by atoms with van der Waals surface area (Å²) in [5, 5.41) is 7.32. The molecule has 2 rings (SSSR count). The summed E-state index contributed by atoms with van der Waals surface area (Å²) in [5.74, 6) is 1.16. The number of benzene rings is 1. The van der Waals surface area contributed by atoms with Crippen LogP contribution in [-0.2, 0) is 6.42 Å². The molecule has 0 radical (unpaired) electrons. The first kappa shape index (κ1) is 10.5. The Morgan fingerprint density at radius 3 is 2.75 bits per heavy atom. The van der Waals surface area contributed by atoms with Crippen molar-refractivity contribution in [3.63, 3.8) is 0 Å². The summed E-state index contributed by atoms with van der Waals surface area (Å²) in [5.41, 5.74) is 8.19. The fourth-order valence-electron chi connectivity index (χ4n) is 1.60. The summed E-state index contributed by atoms with van der Waals surface area (Å²) >= 11 is 0. The predicted octanol–water partition coefficient (Wildman–Crippen LogP) is 1.89. The molecule has 0 saturated carbocycles. The fraction of sp³-hybridized carbons (Fsp3) is 0.273. The van der Waals surface area contributed by atoms with Gasteiger partial charge in [-0.1, -0.05) is 6.92 Å². The Bertz CT molecular complexity index is 494. The molecule has 0 unspecified atom stereocenters. The molecule has 2 N–H and O–H groups in total. The van der Waals surface area contributed by atoms with Crippen molar-refractivity contribution < 1.29 is 9.37 Å². The number of ether oxygens (including phenoxy) is 1. The quantitative estimate of drug-likeness (QED) is 0.853. The van der Waals surface area contributed by atoms with Crippen LogP contribution < -0.4 is 10.5 Å². The van der Waals surface area contributed by atoms with Gasteiger partial charge in [0.2, 0.25) is 0 Å².